The van der Waals surface area contributed by atoms with E-state index in [1.807, 2.05) is 0 Å². The number of nitrogens with one attached hydrogen (secondary N) is 2. The maximum atomic E-state index is 12.6. The van der Waals surface area contributed by atoms with Crippen LogP contribution in [0.4, 0.5) is 11.6 Å². The molecule has 0 fully saturated rings. The monoisotopic (exact) mass is 547 g/mol. The Morgan fingerprint density at radius 3 is 2.81 bits per heavy atom. The molecule has 4 rings (SSSR count). The number of imidazole rings is 1. The van der Waals surface area contributed by atoms with Crippen LogP contribution in [0.15, 0.2) is 57.2 Å². The summed E-state index contributed by atoms with van der Waals surface area (Å²) in [5, 5.41) is 26.4. The highest BCUT2D eigenvalue weighted by molar-refractivity contribution is 6.35. The van der Waals surface area contributed by atoms with Crippen LogP contribution >= 0.6 is 23.2 Å². The number of aromatic amines is 1. The van der Waals surface area contributed by atoms with Crippen molar-refractivity contribution in [2.45, 2.75) is 12.6 Å². The lowest BCUT2D eigenvalue weighted by Crippen LogP contribution is -2.30. The third-order valence-corrected chi connectivity index (χ3v) is 5.72. The third-order valence-electron chi connectivity index (χ3n) is 5.18. The molecule has 0 aliphatic carbocycles. The lowest BCUT2D eigenvalue weighted by Gasteiger charge is -2.15. The van der Waals surface area contributed by atoms with E-state index >= 15 is 0 Å². The van der Waals surface area contributed by atoms with E-state index in [4.69, 9.17) is 27.9 Å². The molecule has 1 atom stereocenters. The van der Waals surface area contributed by atoms with Crippen LogP contribution in [0.5, 0.6) is 5.75 Å². The number of anilines is 1. The predicted octanol–water partition coefficient (Wildman–Crippen LogP) is 2.52. The molecular formula is C22H19Cl2N7O6. The van der Waals surface area contributed by atoms with E-state index in [0.717, 1.165) is 4.57 Å². The lowest BCUT2D eigenvalue weighted by atomic mass is 10.2. The summed E-state index contributed by atoms with van der Waals surface area (Å²) >= 11 is 12.0. The number of hydrazone groups is 1. The fourth-order valence-corrected chi connectivity index (χ4v) is 3.89. The number of nitro groups is 1. The summed E-state index contributed by atoms with van der Waals surface area (Å²) in [6, 6.07) is 10.4. The second-order valence-electron chi connectivity index (χ2n) is 7.80. The highest BCUT2D eigenvalue weighted by atomic mass is 35.5. The molecule has 3 N–H and O–H groups in total. The molecule has 2 aromatic carbocycles. The molecule has 4 aromatic rings. The van der Waals surface area contributed by atoms with Crippen LogP contribution < -0.4 is 21.4 Å². The van der Waals surface area contributed by atoms with Crippen molar-refractivity contribution in [3.05, 3.63) is 89.0 Å². The Labute approximate surface area is 217 Å². The van der Waals surface area contributed by atoms with E-state index in [0.29, 0.717) is 16.3 Å². The van der Waals surface area contributed by atoms with Crippen LogP contribution in [-0.4, -0.2) is 48.1 Å². The third kappa shape index (κ3) is 5.80. The maximum Gasteiger partial charge on any atom is 0.329 e. The number of hydrogen-bond donors (Lipinski definition) is 3. The van der Waals surface area contributed by atoms with Crippen LogP contribution in [0.1, 0.15) is 5.56 Å². The van der Waals surface area contributed by atoms with Gasteiger partial charge in [0.25, 0.3) is 11.2 Å². The number of aliphatic hydroxyl groups excluding tert-OH is 1. The number of ether oxygens (including phenoxy) is 1. The van der Waals surface area contributed by atoms with Gasteiger partial charge in [0.05, 0.1) is 22.7 Å². The van der Waals surface area contributed by atoms with Gasteiger partial charge in [-0.05, 0) is 18.2 Å². The van der Waals surface area contributed by atoms with Crippen molar-refractivity contribution in [1.82, 2.24) is 19.1 Å². The van der Waals surface area contributed by atoms with Gasteiger partial charge in [-0.2, -0.15) is 10.1 Å². The van der Waals surface area contributed by atoms with Gasteiger partial charge < -0.3 is 14.4 Å². The molecule has 0 saturated heterocycles. The first-order chi connectivity index (χ1) is 17.6. The quantitative estimate of drug-likeness (QED) is 0.163. The Bertz CT molecular complexity index is 1630. The van der Waals surface area contributed by atoms with Gasteiger partial charge in [0.2, 0.25) is 5.95 Å². The molecule has 0 aliphatic rings. The van der Waals surface area contributed by atoms with Gasteiger partial charge in [-0.3, -0.25) is 24.5 Å². The summed E-state index contributed by atoms with van der Waals surface area (Å²) in [5.41, 5.74) is 1.67. The molecule has 1 unspecified atom stereocenters. The van der Waals surface area contributed by atoms with Crippen LogP contribution in [0.2, 0.25) is 10.0 Å². The summed E-state index contributed by atoms with van der Waals surface area (Å²) < 4.78 is 8.06. The zero-order chi connectivity index (χ0) is 26.7. The average molecular weight is 548 g/mol. The summed E-state index contributed by atoms with van der Waals surface area (Å²) in [6.45, 7) is -0.362. The van der Waals surface area contributed by atoms with Gasteiger partial charge >= 0.3 is 5.69 Å². The molecule has 15 heteroatoms. The molecule has 13 nitrogen and oxygen atoms in total. The molecule has 0 bridgehead atoms. The van der Waals surface area contributed by atoms with E-state index in [2.05, 4.69) is 20.5 Å². The Balaban J connectivity index is 1.62. The predicted molar refractivity (Wildman–Crippen MR) is 138 cm³/mol. The fraction of sp³-hybridized carbons (Fsp3) is 0.182. The number of nitro benzene ring substituents is 1. The van der Waals surface area contributed by atoms with Crippen molar-refractivity contribution < 1.29 is 14.8 Å². The first kappa shape index (κ1) is 25.9. The van der Waals surface area contributed by atoms with Gasteiger partial charge in [-0.15, -0.1) is 0 Å². The molecule has 37 heavy (non-hydrogen) atoms. The largest absolute Gasteiger partial charge is 0.489 e. The number of aryl methyl sites for hydroxylation is 1. The number of H-pyrrole nitrogens is 1. The van der Waals surface area contributed by atoms with Crippen LogP contribution in [0.25, 0.3) is 11.2 Å². The van der Waals surface area contributed by atoms with Crippen LogP contribution in [0, 0.1) is 10.1 Å². The molecule has 0 saturated carbocycles. The molecule has 0 aliphatic heterocycles. The Hall–Kier alpha value is -4.20. The Morgan fingerprint density at radius 1 is 1.30 bits per heavy atom. The molecule has 0 spiro atoms. The number of hydrogen-bond acceptors (Lipinski definition) is 9. The van der Waals surface area contributed by atoms with E-state index in [9.17, 15) is 24.8 Å². The standard InChI is InChI=1S/C22H19Cl2N7O6/c1-29-19-18(20(33)27-22(29)34)30(10-15(32)11-37-17-6-5-13(23)8-16(17)24)21(26-19)28-25-9-12-3-2-4-14(7-12)31(35)36/h2-9,15,32H,10-11H2,1H3,(H,26,28)(H,27,33,34)/b25-9+. The van der Waals surface area contributed by atoms with Gasteiger partial charge in [0, 0.05) is 29.8 Å². The van der Waals surface area contributed by atoms with Gasteiger partial charge in [-0.1, -0.05) is 35.3 Å². The minimum absolute atomic E-state index is 0.0127. The van der Waals surface area contributed by atoms with Crippen molar-refractivity contribution in [2.24, 2.45) is 12.1 Å². The average Bonchev–Trinajstić information content (AvgIpc) is 3.21. The summed E-state index contributed by atoms with van der Waals surface area (Å²) in [4.78, 5) is 41.6. The molecule has 2 aromatic heterocycles. The molecular weight excluding hydrogens is 529 g/mol. The maximum absolute atomic E-state index is 12.6. The first-order valence-corrected chi connectivity index (χ1v) is 11.4. The van der Waals surface area contributed by atoms with E-state index in [-0.39, 0.29) is 41.0 Å². The number of halogens is 2. The summed E-state index contributed by atoms with van der Waals surface area (Å²) in [5.74, 6) is 0.340. The number of aliphatic hydroxyl groups is 1. The Kier molecular flexibility index (Phi) is 7.57. The summed E-state index contributed by atoms with van der Waals surface area (Å²) in [6.07, 6.45) is 0.184. The molecule has 192 valence electrons. The normalized spacial score (nSPS) is 12.2. The zero-order valence-electron chi connectivity index (χ0n) is 19.1. The topological polar surface area (TPSA) is 170 Å². The number of rotatable bonds is 9. The number of aromatic nitrogens is 4. The van der Waals surface area contributed by atoms with E-state index in [1.165, 1.54) is 42.1 Å². The van der Waals surface area contributed by atoms with Gasteiger partial charge in [0.1, 0.15) is 18.5 Å². The fourth-order valence-electron chi connectivity index (χ4n) is 3.42. The number of fused-ring (bicyclic) bond motifs is 1. The summed E-state index contributed by atoms with van der Waals surface area (Å²) in [7, 11) is 1.43. The highest BCUT2D eigenvalue weighted by Crippen LogP contribution is 2.27. The van der Waals surface area contributed by atoms with Crippen molar-refractivity contribution in [3.8, 4) is 5.75 Å². The zero-order valence-corrected chi connectivity index (χ0v) is 20.6. The first-order valence-electron chi connectivity index (χ1n) is 10.6. The number of non-ortho nitro benzene ring substituents is 1. The molecule has 0 radical (unpaired) electrons. The minimum Gasteiger partial charge on any atom is -0.489 e. The Morgan fingerprint density at radius 2 is 2.08 bits per heavy atom. The highest BCUT2D eigenvalue weighted by Gasteiger charge is 2.20. The van der Waals surface area contributed by atoms with Crippen molar-refractivity contribution in [1.29, 1.82) is 0 Å². The van der Waals surface area contributed by atoms with Crippen LogP contribution in [-0.2, 0) is 13.6 Å². The molecule has 2 heterocycles. The second-order valence-corrected chi connectivity index (χ2v) is 8.64. The van der Waals surface area contributed by atoms with Gasteiger partial charge in [-0.25, -0.2) is 10.2 Å². The van der Waals surface area contributed by atoms with Gasteiger partial charge in [0.15, 0.2) is 11.2 Å². The number of nitrogens with zero attached hydrogens (tertiary/aromatic N) is 5. The second kappa shape index (κ2) is 10.8. The lowest BCUT2D eigenvalue weighted by molar-refractivity contribution is -0.384. The SMILES string of the molecule is Cn1c(=O)[nH]c(=O)c2c1nc(N/N=C/c1cccc([N+](=O)[O-])c1)n2CC(O)COc1ccc(Cl)cc1Cl. The smallest absolute Gasteiger partial charge is 0.329 e. The minimum atomic E-state index is -1.14. The number of benzene rings is 2. The van der Waals surface area contributed by atoms with E-state index < -0.39 is 22.3 Å². The molecule has 0 amide bonds. The van der Waals surface area contributed by atoms with E-state index in [1.54, 1.807) is 18.2 Å². The van der Waals surface area contributed by atoms with Crippen LogP contribution in [0.3, 0.4) is 0 Å². The van der Waals surface area contributed by atoms with Crippen molar-refractivity contribution >= 4 is 52.2 Å². The van der Waals surface area contributed by atoms with Crippen molar-refractivity contribution in [2.75, 3.05) is 12.0 Å². The van der Waals surface area contributed by atoms with Crippen molar-refractivity contribution in [3.63, 3.8) is 0 Å².